The molecule has 0 spiro atoms. The Hall–Kier alpha value is -12.3. The van der Waals surface area contributed by atoms with E-state index in [-0.39, 0.29) is 51.6 Å². The number of rotatable bonds is 9. The van der Waals surface area contributed by atoms with Gasteiger partial charge in [0.05, 0.1) is 37.5 Å². The zero-order valence-corrected chi connectivity index (χ0v) is 55.2. The molecule has 18 heteroatoms. The molecule has 0 aromatic heterocycles. The van der Waals surface area contributed by atoms with E-state index in [0.717, 1.165) is 68.8 Å². The lowest BCUT2D eigenvalue weighted by atomic mass is 9.99. The molecule has 0 radical (unpaired) electrons. The van der Waals surface area contributed by atoms with Crippen molar-refractivity contribution in [2.75, 3.05) is 21.3 Å². The first-order chi connectivity index (χ1) is 48.4. The van der Waals surface area contributed by atoms with E-state index in [4.69, 9.17) is 30.9 Å². The Morgan fingerprint density at radius 2 is 0.634 bits per heavy atom. The average Bonchev–Trinajstić information content (AvgIpc) is 0.822. The Morgan fingerprint density at radius 3 is 1.06 bits per heavy atom. The first kappa shape index (κ1) is 76.0. The molecule has 10 nitrogen and oxygen atoms in total. The summed E-state index contributed by atoms with van der Waals surface area (Å²) in [5, 5.41) is 65.1. The second kappa shape index (κ2) is 37.4. The lowest BCUT2D eigenvalue weighted by molar-refractivity contribution is -0.138. The average molecular weight is 1390 g/mol. The first-order valence-corrected chi connectivity index (χ1v) is 31.0. The van der Waals surface area contributed by atoms with Crippen molar-refractivity contribution in [3.05, 3.63) is 337 Å². The maximum Gasteiger partial charge on any atom is 0.417 e. The molecule has 516 valence electrons. The fourth-order valence-corrected chi connectivity index (χ4v) is 9.69. The minimum Gasteiger partial charge on any atom is -0.508 e. The molecular weight excluding hydrogens is 1330 g/mol. The van der Waals surface area contributed by atoms with Crippen LogP contribution < -0.4 is 14.2 Å². The van der Waals surface area contributed by atoms with Crippen molar-refractivity contribution < 1.29 is 80.7 Å². The predicted octanol–water partition coefficient (Wildman–Crippen LogP) is 22.6. The van der Waals surface area contributed by atoms with Gasteiger partial charge in [-0.05, 0) is 195 Å². The Balaban J connectivity index is 0.000000167. The van der Waals surface area contributed by atoms with Gasteiger partial charge in [0.25, 0.3) is 0 Å². The third-order valence-corrected chi connectivity index (χ3v) is 14.7. The van der Waals surface area contributed by atoms with Crippen LogP contribution in [0.15, 0.2) is 315 Å². The topological polar surface area (TPSA) is 169 Å². The third kappa shape index (κ3) is 24.0. The molecule has 13 rings (SSSR count). The summed E-state index contributed by atoms with van der Waals surface area (Å²) >= 11 is 5.46. The van der Waals surface area contributed by atoms with E-state index in [1.165, 1.54) is 66.7 Å². The van der Waals surface area contributed by atoms with E-state index in [9.17, 15) is 61.4 Å². The lowest BCUT2D eigenvalue weighted by Crippen LogP contribution is -2.06. The van der Waals surface area contributed by atoms with Gasteiger partial charge in [-0.15, -0.1) is 0 Å². The van der Waals surface area contributed by atoms with Gasteiger partial charge in [-0.1, -0.05) is 188 Å². The van der Waals surface area contributed by atoms with Crippen molar-refractivity contribution >= 4 is 11.6 Å². The van der Waals surface area contributed by atoms with Crippen LogP contribution in [0, 0.1) is 5.82 Å². The number of phenols is 7. The smallest absolute Gasteiger partial charge is 0.417 e. The molecule has 0 saturated carbocycles. The fraction of sp³-hybridized carbons (Fsp3) is 0.0602. The predicted molar refractivity (Wildman–Crippen MR) is 384 cm³/mol. The van der Waals surface area contributed by atoms with Gasteiger partial charge >= 0.3 is 12.4 Å². The van der Waals surface area contributed by atoms with Gasteiger partial charge in [0.15, 0.2) is 0 Å². The summed E-state index contributed by atoms with van der Waals surface area (Å²) in [6, 6.07) is 86.6. The number of ether oxygens (including phenoxy) is 3. The number of hydrogen-bond acceptors (Lipinski definition) is 10. The summed E-state index contributed by atoms with van der Waals surface area (Å²) in [6.45, 7) is 0. The van der Waals surface area contributed by atoms with Gasteiger partial charge in [-0.3, -0.25) is 0 Å². The summed E-state index contributed by atoms with van der Waals surface area (Å²) in [5.41, 5.74) is 7.18. The van der Waals surface area contributed by atoms with Crippen LogP contribution >= 0.6 is 11.6 Å². The highest BCUT2D eigenvalue weighted by Gasteiger charge is 2.33. The van der Waals surface area contributed by atoms with Crippen LogP contribution in [-0.4, -0.2) is 57.1 Å². The van der Waals surface area contributed by atoms with Crippen molar-refractivity contribution in [3.63, 3.8) is 0 Å². The van der Waals surface area contributed by atoms with Gasteiger partial charge in [0.2, 0.25) is 0 Å². The monoisotopic (exact) mass is 1390 g/mol. The van der Waals surface area contributed by atoms with Crippen LogP contribution in [0.1, 0.15) is 11.1 Å². The van der Waals surface area contributed by atoms with E-state index >= 15 is 0 Å². The highest BCUT2D eigenvalue weighted by molar-refractivity contribution is 6.31. The molecule has 0 heterocycles. The molecular formula is C83H68ClF7O10. The van der Waals surface area contributed by atoms with Gasteiger partial charge < -0.3 is 50.0 Å². The highest BCUT2D eigenvalue weighted by atomic mass is 35.5. The Kier molecular flexibility index (Phi) is 28.2. The molecule has 0 aliphatic heterocycles. The summed E-state index contributed by atoms with van der Waals surface area (Å²) < 4.78 is 105. The normalized spacial score (nSPS) is 10.4. The summed E-state index contributed by atoms with van der Waals surface area (Å²) in [6.07, 6.45) is -8.76. The third-order valence-electron chi connectivity index (χ3n) is 14.4. The molecule has 13 aromatic rings. The number of hydrogen-bond donors (Lipinski definition) is 7. The number of alkyl halides is 6. The van der Waals surface area contributed by atoms with E-state index in [1.54, 1.807) is 143 Å². The van der Waals surface area contributed by atoms with Gasteiger partial charge in [-0.25, -0.2) is 4.39 Å². The van der Waals surface area contributed by atoms with E-state index in [0.29, 0.717) is 32.8 Å². The standard InChI is InChI=1S/2C13H9F3O.3C13H12O2.C12H9FO.C6H5ClO/c14-13(15,16)11-5-1-3-9(7-11)10-4-2-6-12(17)8-10;14-13(15,16)12-7-2-1-6-11(12)9-4-3-5-10(17)8-9;1-15-13-7-3-5-11(9-13)10-4-2-6-12(14)8-10;1-15-13-8-3-2-7-12(13)10-5-4-6-11(14)9-10;1-15-13-7-5-10(6-8-13)11-3-2-4-12(14)9-11;13-12-7-2-1-6-11(12)9-4-3-5-10(14)8-9;7-5-3-1-2-4-6(5)8/h2*1-8,17H;3*2-9,14H,1H3;1-8,14H;1-4,8H. The maximum absolute atomic E-state index is 13.3. The summed E-state index contributed by atoms with van der Waals surface area (Å²) in [5.74, 6) is 3.24. The molecule has 7 N–H and O–H groups in total. The summed E-state index contributed by atoms with van der Waals surface area (Å²) in [7, 11) is 4.92. The van der Waals surface area contributed by atoms with Crippen LogP contribution in [0.2, 0.25) is 5.02 Å². The molecule has 0 saturated heterocycles. The SMILES string of the molecule is COc1ccc(-c2cccc(O)c2)cc1.COc1cccc(-c2cccc(O)c2)c1.COc1ccccc1-c1cccc(O)c1.Oc1cccc(-c2cccc(C(F)(F)F)c2)c1.Oc1cccc(-c2ccccc2C(F)(F)F)c1.Oc1cccc(-c2ccccc2F)c1.Oc1ccccc1Cl. The molecule has 13 aromatic carbocycles. The number of methoxy groups -OCH3 is 3. The molecule has 101 heavy (non-hydrogen) atoms. The molecule has 0 fully saturated rings. The number of phenolic OH excluding ortho intramolecular Hbond substituents is 7. The van der Waals surface area contributed by atoms with E-state index in [2.05, 4.69) is 0 Å². The first-order valence-electron chi connectivity index (χ1n) is 30.6. The Bertz CT molecular complexity index is 4720. The van der Waals surface area contributed by atoms with Gasteiger partial charge in [0, 0.05) is 11.1 Å². The second-order valence-electron chi connectivity index (χ2n) is 21.5. The quantitative estimate of drug-likeness (QED) is 0.0691. The Labute approximate surface area is 584 Å². The van der Waals surface area contributed by atoms with Gasteiger partial charge in [0.1, 0.15) is 63.3 Å². The minimum absolute atomic E-state index is 0.0277. The molecule has 0 aliphatic carbocycles. The zero-order valence-electron chi connectivity index (χ0n) is 54.4. The summed E-state index contributed by atoms with van der Waals surface area (Å²) in [4.78, 5) is 0. The second-order valence-corrected chi connectivity index (χ2v) is 21.9. The number of aromatic hydroxyl groups is 7. The van der Waals surface area contributed by atoms with Crippen molar-refractivity contribution in [1.82, 2.24) is 0 Å². The van der Waals surface area contributed by atoms with Crippen molar-refractivity contribution in [3.8, 4) is 124 Å². The van der Waals surface area contributed by atoms with Crippen LogP contribution in [0.3, 0.4) is 0 Å². The molecule has 0 aliphatic rings. The maximum atomic E-state index is 13.3. The highest BCUT2D eigenvalue weighted by Crippen LogP contribution is 2.39. The van der Waals surface area contributed by atoms with Gasteiger partial charge in [-0.2, -0.15) is 26.3 Å². The molecule has 0 atom stereocenters. The zero-order chi connectivity index (χ0) is 72.9. The molecule has 0 unspecified atom stereocenters. The van der Waals surface area contributed by atoms with Crippen molar-refractivity contribution in [1.29, 1.82) is 0 Å². The Morgan fingerprint density at radius 1 is 0.277 bits per heavy atom. The number of halogens is 8. The van der Waals surface area contributed by atoms with Crippen molar-refractivity contribution in [2.24, 2.45) is 0 Å². The van der Waals surface area contributed by atoms with E-state index < -0.39 is 23.5 Å². The lowest BCUT2D eigenvalue weighted by Gasteiger charge is -2.12. The largest absolute Gasteiger partial charge is 0.508 e. The van der Waals surface area contributed by atoms with Crippen LogP contribution in [0.4, 0.5) is 30.7 Å². The molecule has 0 amide bonds. The van der Waals surface area contributed by atoms with Crippen LogP contribution in [0.5, 0.6) is 57.5 Å². The fourth-order valence-electron chi connectivity index (χ4n) is 9.55. The molecule has 0 bridgehead atoms. The van der Waals surface area contributed by atoms with Crippen LogP contribution in [-0.2, 0) is 12.4 Å². The minimum atomic E-state index is -4.40. The van der Waals surface area contributed by atoms with Crippen LogP contribution in [0.25, 0.3) is 66.8 Å². The number of benzene rings is 13. The van der Waals surface area contributed by atoms with E-state index in [1.807, 2.05) is 109 Å². The number of para-hydroxylation sites is 2. The van der Waals surface area contributed by atoms with Crippen molar-refractivity contribution in [2.45, 2.75) is 12.4 Å².